The van der Waals surface area contributed by atoms with Crippen molar-refractivity contribution in [1.29, 1.82) is 0 Å². The highest BCUT2D eigenvalue weighted by atomic mass is 32.2. The molecule has 0 bridgehead atoms. The van der Waals surface area contributed by atoms with Crippen molar-refractivity contribution in [3.8, 4) is 68.3 Å². The Balaban J connectivity index is 0.000000135. The molecular weight excluding hydrogens is 1900 g/mol. The summed E-state index contributed by atoms with van der Waals surface area (Å²) in [5.74, 6) is 4.78. The van der Waals surface area contributed by atoms with Crippen molar-refractivity contribution in [2.75, 3.05) is 26.4 Å². The van der Waals surface area contributed by atoms with Crippen molar-refractivity contribution < 1.29 is 98.9 Å². The average Bonchev–Trinajstić information content (AvgIpc) is 1.65. The monoisotopic (exact) mass is 2020 g/mol. The molecule has 0 radical (unpaired) electrons. The number of aliphatic imine (C=N–C) groups is 1. The average molecular weight is 2020 g/mol. The normalized spacial score (nSPS) is 15.9. The van der Waals surface area contributed by atoms with Crippen molar-refractivity contribution in [1.82, 2.24) is 40.9 Å². The number of nitrogens with zero attached hydrogens (tertiary/aromatic N) is 5. The highest BCUT2D eigenvalue weighted by molar-refractivity contribution is 8.15. The van der Waals surface area contributed by atoms with Gasteiger partial charge in [0.15, 0.2) is 6.10 Å². The van der Waals surface area contributed by atoms with Crippen LogP contribution >= 0.6 is 11.8 Å². The van der Waals surface area contributed by atoms with Crippen LogP contribution in [0, 0.1) is 0 Å². The molecule has 4 aliphatic carbocycles. The quantitative estimate of drug-likeness (QED) is 0.0203. The van der Waals surface area contributed by atoms with Crippen LogP contribution < -0.4 is 40.2 Å². The van der Waals surface area contributed by atoms with E-state index < -0.39 is 24.1 Å². The SMILES string of the molecule is O=C1C=C(CCCCCOc2ccccc2CN(C(=O)c2ccc(-c3ccco3)cc2)C2CC2)C(=O)N1.O=C1N=C(CCCCCOc2ccccc2CN(C(=O)c2ccc(-c3ccco3)cc2)C2CC2)C(=O)N1.O=C1NC(=O)C(CCCCCOc2ccccc2CN(C(=O)c2ccc(-c3ccco3)cc2)C2CC2)O1.O=C1NC(=O)C(CCCCCOc2ccccc2CN(C(=O)c2ccc(-c3ccco3)cc2)C2CC2)S1. The fourth-order valence-corrected chi connectivity index (χ4v) is 18.7. The van der Waals surface area contributed by atoms with Crippen LogP contribution in [-0.2, 0) is 54.9 Å². The Hall–Kier alpha value is -15.9. The topological polar surface area (TPSA) is 377 Å². The number of para-hydroxylation sites is 4. The molecule has 8 heterocycles. The molecule has 764 valence electrons. The number of alkyl carbamates (subject to hydrolysis) is 1. The van der Waals surface area contributed by atoms with Gasteiger partial charge in [0.25, 0.3) is 52.5 Å². The molecule has 13 amide bonds. The minimum atomic E-state index is -0.679. The predicted octanol–water partition coefficient (Wildman–Crippen LogP) is 22.0. The smallest absolute Gasteiger partial charge is 0.414 e. The molecule has 8 aromatic carbocycles. The molecular formula is C117H119N9O21S. The van der Waals surface area contributed by atoms with Crippen LogP contribution in [0.1, 0.15) is 218 Å². The Morgan fingerprint density at radius 1 is 0.331 bits per heavy atom. The van der Waals surface area contributed by atoms with Crippen LogP contribution in [0.15, 0.2) is 302 Å². The van der Waals surface area contributed by atoms with Crippen LogP contribution in [0.25, 0.3) is 45.3 Å². The highest BCUT2D eigenvalue weighted by Crippen LogP contribution is 2.39. The maximum absolute atomic E-state index is 13.4. The Morgan fingerprint density at radius 2 is 0.662 bits per heavy atom. The van der Waals surface area contributed by atoms with Crippen LogP contribution in [0.5, 0.6) is 23.0 Å². The van der Waals surface area contributed by atoms with E-state index in [1.54, 1.807) is 25.1 Å². The second-order valence-electron chi connectivity index (χ2n) is 37.6. The summed E-state index contributed by atoms with van der Waals surface area (Å²) in [6.07, 6.45) is 27.0. The minimum absolute atomic E-state index is 0.0138. The molecule has 2 saturated heterocycles. The largest absolute Gasteiger partial charge is 0.493 e. The number of carbonyl (C=O) groups is 12. The summed E-state index contributed by atoms with van der Waals surface area (Å²) < 4.78 is 51.1. The molecule has 4 aromatic heterocycles. The van der Waals surface area contributed by atoms with Gasteiger partial charge in [-0.3, -0.25) is 69.2 Å². The van der Waals surface area contributed by atoms with E-state index in [0.29, 0.717) is 112 Å². The number of hydrogen-bond acceptors (Lipinski definition) is 22. The van der Waals surface area contributed by atoms with Crippen molar-refractivity contribution >= 4 is 88.0 Å². The number of unbranched alkanes of at least 4 members (excludes halogenated alkanes) is 8. The molecule has 6 fully saturated rings. The van der Waals surface area contributed by atoms with E-state index in [-0.39, 0.29) is 81.9 Å². The Kier molecular flexibility index (Phi) is 35.8. The van der Waals surface area contributed by atoms with Gasteiger partial charge in [-0.2, -0.15) is 4.99 Å². The molecule has 2 unspecified atom stereocenters. The second kappa shape index (κ2) is 51.2. The molecule has 31 heteroatoms. The first-order valence-corrected chi connectivity index (χ1v) is 51.9. The molecule has 4 N–H and O–H groups in total. The van der Waals surface area contributed by atoms with Gasteiger partial charge in [-0.1, -0.05) is 146 Å². The number of hydrogen-bond donors (Lipinski definition) is 4. The third-order valence-electron chi connectivity index (χ3n) is 26.5. The number of cyclic esters (lactones) is 1. The van der Waals surface area contributed by atoms with E-state index in [1.165, 1.54) is 6.08 Å². The number of furan rings is 4. The number of carbonyl (C=O) groups excluding carboxylic acids is 12. The van der Waals surface area contributed by atoms with Crippen LogP contribution in [0.2, 0.25) is 0 Å². The molecule has 4 aliphatic heterocycles. The Morgan fingerprint density at radius 3 is 0.946 bits per heavy atom. The molecule has 148 heavy (non-hydrogen) atoms. The third kappa shape index (κ3) is 29.3. The van der Waals surface area contributed by atoms with Gasteiger partial charge in [-0.15, -0.1) is 0 Å². The molecule has 30 nitrogen and oxygen atoms in total. The zero-order chi connectivity index (χ0) is 102. The van der Waals surface area contributed by atoms with E-state index in [2.05, 4.69) is 26.3 Å². The number of rotatable bonds is 48. The zero-order valence-corrected chi connectivity index (χ0v) is 83.1. The lowest BCUT2D eigenvalue weighted by molar-refractivity contribution is -0.124. The summed E-state index contributed by atoms with van der Waals surface area (Å²) in [4.78, 5) is 156. The van der Waals surface area contributed by atoms with E-state index in [1.807, 2.05) is 262 Å². The van der Waals surface area contributed by atoms with Crippen molar-refractivity contribution in [2.45, 2.75) is 216 Å². The maximum Gasteiger partial charge on any atom is 0.414 e. The lowest BCUT2D eigenvalue weighted by Gasteiger charge is -2.24. The van der Waals surface area contributed by atoms with Crippen LogP contribution in [0.4, 0.5) is 14.4 Å². The zero-order valence-electron chi connectivity index (χ0n) is 82.3. The van der Waals surface area contributed by atoms with Gasteiger partial charge in [-0.05, 0) is 263 Å². The van der Waals surface area contributed by atoms with Crippen molar-refractivity contribution in [2.24, 2.45) is 4.99 Å². The van der Waals surface area contributed by atoms with E-state index in [9.17, 15) is 57.5 Å². The lowest BCUT2D eigenvalue weighted by atomic mass is 10.1. The number of nitrogens with one attached hydrogen (secondary N) is 4. The van der Waals surface area contributed by atoms with Gasteiger partial charge in [0, 0.05) is 129 Å². The number of imide groups is 4. The first kappa shape index (κ1) is 103. The third-order valence-corrected chi connectivity index (χ3v) is 27.5. The highest BCUT2D eigenvalue weighted by Gasteiger charge is 2.40. The first-order chi connectivity index (χ1) is 72.3. The van der Waals surface area contributed by atoms with Gasteiger partial charge in [0.2, 0.25) is 5.91 Å². The summed E-state index contributed by atoms with van der Waals surface area (Å²) in [5, 5.41) is 8.40. The van der Waals surface area contributed by atoms with E-state index in [0.717, 1.165) is 231 Å². The van der Waals surface area contributed by atoms with Gasteiger partial charge < -0.3 is 61.0 Å². The van der Waals surface area contributed by atoms with Crippen LogP contribution in [-0.4, -0.2) is 158 Å². The fraction of sp³-hybridized carbons (Fsp3) is 0.325. The van der Waals surface area contributed by atoms with Crippen molar-refractivity contribution in [3.05, 3.63) is 324 Å². The Labute approximate surface area is 862 Å². The fourth-order valence-electron chi connectivity index (χ4n) is 17.8. The summed E-state index contributed by atoms with van der Waals surface area (Å²) in [5.41, 5.74) is 11.2. The number of ether oxygens (including phenoxy) is 5. The van der Waals surface area contributed by atoms with E-state index >= 15 is 0 Å². The number of amides is 13. The summed E-state index contributed by atoms with van der Waals surface area (Å²) in [6.45, 7) is 4.14. The van der Waals surface area contributed by atoms with Gasteiger partial charge in [0.05, 0.1) is 56.7 Å². The molecule has 8 aliphatic rings. The van der Waals surface area contributed by atoms with E-state index in [4.69, 9.17) is 41.4 Å². The summed E-state index contributed by atoms with van der Waals surface area (Å²) in [7, 11) is 0. The number of thioether (sulfide) groups is 1. The van der Waals surface area contributed by atoms with Crippen molar-refractivity contribution in [3.63, 3.8) is 0 Å². The predicted molar refractivity (Wildman–Crippen MR) is 555 cm³/mol. The molecule has 0 spiro atoms. The summed E-state index contributed by atoms with van der Waals surface area (Å²) >= 11 is 1.08. The molecule has 20 rings (SSSR count). The van der Waals surface area contributed by atoms with Gasteiger partial charge >= 0.3 is 12.1 Å². The minimum Gasteiger partial charge on any atom is -0.493 e. The first-order valence-electron chi connectivity index (χ1n) is 51.0. The standard InChI is InChI=1S/C30H30N2O5.C29H29N3O5.C29H30N2O6.C29H30N2O5S/c33-28-19-23(29(34)31-28)7-2-1-5-17-36-27-9-4-3-8-24(27)20-32(25-15-16-25)30(35)22-13-11-21(12-14-22)26-10-6-18-37-26;33-27-24(30-29(35)31-27)8-2-1-5-17-36-26-9-4-3-7-22(26)19-32(23-15-16-23)28(34)21-13-11-20(12-14-21)25-10-6-18-37-25;32-27-26(37-29(34)30-27)9-2-1-5-17-35-25-8-4-3-7-22(25)19-31(23-15-16-23)28(33)21-13-11-20(12-14-21)24-10-6-18-36-24;32-27-26(37-29(34)30-27)10-2-1-5-17-35-25-8-4-3-7-22(25)19-31(23-15-16-23)28(33)21-13-11-20(12-14-21)24-9-6-18-36-24/h3-4,6,8-14,18-19,25H,1-2,5,7,15-17,20H2,(H,31,33,34);3-4,6-7,9-14,18,23H,1-2,5,8,15-17,19H2,(H,31,33,35);3-4,6-8,10-14,18,23,26H,1-2,5,9,15-17,19H2,(H,30,32,34);3-4,6-9,11-14,18,23,26H,1-2,5,10,15-17,19H2,(H,30,32,34). The second-order valence-corrected chi connectivity index (χ2v) is 38.8. The van der Waals surface area contributed by atoms with Crippen LogP contribution in [0.3, 0.4) is 0 Å². The molecule has 12 aromatic rings. The van der Waals surface area contributed by atoms with Gasteiger partial charge in [0.1, 0.15) is 51.8 Å². The molecule has 4 saturated carbocycles. The Bertz CT molecular complexity index is 6250. The lowest BCUT2D eigenvalue weighted by Crippen LogP contribution is -2.32. The number of benzene rings is 8. The maximum atomic E-state index is 13.4. The summed E-state index contributed by atoms with van der Waals surface area (Å²) in [6, 6.07) is 77.0. The van der Waals surface area contributed by atoms with Gasteiger partial charge in [-0.25, -0.2) is 9.59 Å². The number of urea groups is 1. The molecule has 2 atom stereocenters.